The van der Waals surface area contributed by atoms with Gasteiger partial charge in [0.1, 0.15) is 12.7 Å². The number of methoxy groups -OCH3 is 1. The zero-order valence-corrected chi connectivity index (χ0v) is 14.3. The summed E-state index contributed by atoms with van der Waals surface area (Å²) >= 11 is 3.45. The third kappa shape index (κ3) is 6.22. The second-order valence-electron chi connectivity index (χ2n) is 5.28. The zero-order valence-electron chi connectivity index (χ0n) is 12.7. The minimum Gasteiger partial charge on any atom is -0.493 e. The van der Waals surface area contributed by atoms with Crippen LogP contribution in [0.25, 0.3) is 0 Å². The number of ether oxygens (including phenoxy) is 2. The average molecular weight is 362 g/mol. The summed E-state index contributed by atoms with van der Waals surface area (Å²) in [6, 6.07) is 3.86. The fraction of sp³-hybridized carbons (Fsp3) is 0.600. The zero-order chi connectivity index (χ0) is 15.8. The van der Waals surface area contributed by atoms with Crippen LogP contribution in [0.4, 0.5) is 0 Å². The lowest BCUT2D eigenvalue weighted by Crippen LogP contribution is -2.22. The van der Waals surface area contributed by atoms with Crippen molar-refractivity contribution in [2.75, 3.05) is 26.9 Å². The Labute approximate surface area is 134 Å². The predicted octanol–water partition coefficient (Wildman–Crippen LogP) is 1.94. The summed E-state index contributed by atoms with van der Waals surface area (Å²) in [4.78, 5) is 0. The Morgan fingerprint density at radius 2 is 2.05 bits per heavy atom. The molecule has 1 aromatic rings. The van der Waals surface area contributed by atoms with Crippen molar-refractivity contribution in [2.45, 2.75) is 26.5 Å². The molecule has 0 saturated carbocycles. The molecule has 0 amide bonds. The van der Waals surface area contributed by atoms with Gasteiger partial charge in [-0.05, 0) is 46.1 Å². The number of hydrogen-bond acceptors (Lipinski definition) is 5. The van der Waals surface area contributed by atoms with Gasteiger partial charge >= 0.3 is 0 Å². The largest absolute Gasteiger partial charge is 0.493 e. The lowest BCUT2D eigenvalue weighted by molar-refractivity contribution is 0.0524. The maximum atomic E-state index is 9.36. The Morgan fingerprint density at radius 3 is 2.62 bits per heavy atom. The number of halogens is 1. The van der Waals surface area contributed by atoms with Crippen molar-refractivity contribution < 1.29 is 19.7 Å². The molecule has 21 heavy (non-hydrogen) atoms. The smallest absolute Gasteiger partial charge is 0.175 e. The molecule has 1 rings (SSSR count). The monoisotopic (exact) mass is 361 g/mol. The Hall–Kier alpha value is -0.820. The van der Waals surface area contributed by atoms with Crippen LogP contribution in [0.5, 0.6) is 11.5 Å². The molecule has 120 valence electrons. The highest BCUT2D eigenvalue weighted by atomic mass is 79.9. The first-order valence-electron chi connectivity index (χ1n) is 6.96. The minimum atomic E-state index is -0.908. The van der Waals surface area contributed by atoms with Crippen molar-refractivity contribution in [1.82, 2.24) is 5.32 Å². The SMILES string of the molecule is COc1cc(CNCC(C)C)cc(Br)c1OCC(O)CO. The van der Waals surface area contributed by atoms with Gasteiger partial charge in [0.05, 0.1) is 18.2 Å². The third-order valence-corrected chi connectivity index (χ3v) is 3.39. The van der Waals surface area contributed by atoms with Crippen LogP contribution >= 0.6 is 15.9 Å². The first kappa shape index (κ1) is 18.2. The van der Waals surface area contributed by atoms with E-state index in [1.807, 2.05) is 12.1 Å². The van der Waals surface area contributed by atoms with E-state index >= 15 is 0 Å². The van der Waals surface area contributed by atoms with Crippen molar-refractivity contribution in [2.24, 2.45) is 5.92 Å². The predicted molar refractivity (Wildman–Crippen MR) is 85.8 cm³/mol. The van der Waals surface area contributed by atoms with E-state index in [4.69, 9.17) is 14.6 Å². The molecule has 6 heteroatoms. The van der Waals surface area contributed by atoms with E-state index in [0.29, 0.717) is 17.4 Å². The molecule has 0 bridgehead atoms. The summed E-state index contributed by atoms with van der Waals surface area (Å²) in [5.41, 5.74) is 1.08. The van der Waals surface area contributed by atoms with E-state index in [0.717, 1.165) is 23.1 Å². The molecule has 1 unspecified atom stereocenters. The van der Waals surface area contributed by atoms with Gasteiger partial charge in [-0.1, -0.05) is 13.8 Å². The van der Waals surface area contributed by atoms with E-state index in [2.05, 4.69) is 35.1 Å². The molecule has 1 atom stereocenters. The van der Waals surface area contributed by atoms with E-state index in [-0.39, 0.29) is 13.2 Å². The van der Waals surface area contributed by atoms with E-state index in [1.54, 1.807) is 7.11 Å². The standard InChI is InChI=1S/C15H24BrNO4/c1-10(2)6-17-7-11-4-13(16)15(14(5-11)20-3)21-9-12(19)8-18/h4-5,10,12,17-19H,6-9H2,1-3H3. The highest BCUT2D eigenvalue weighted by Crippen LogP contribution is 2.36. The topological polar surface area (TPSA) is 71.0 Å². The molecule has 0 saturated heterocycles. The molecule has 0 aliphatic heterocycles. The molecule has 0 radical (unpaired) electrons. The fourth-order valence-electron chi connectivity index (χ4n) is 1.75. The van der Waals surface area contributed by atoms with Crippen molar-refractivity contribution >= 4 is 15.9 Å². The van der Waals surface area contributed by atoms with Crippen LogP contribution in [-0.4, -0.2) is 43.2 Å². The van der Waals surface area contributed by atoms with Crippen LogP contribution in [0.3, 0.4) is 0 Å². The van der Waals surface area contributed by atoms with Crippen LogP contribution in [0, 0.1) is 5.92 Å². The third-order valence-electron chi connectivity index (χ3n) is 2.80. The van der Waals surface area contributed by atoms with Gasteiger partial charge in [0.2, 0.25) is 0 Å². The van der Waals surface area contributed by atoms with Gasteiger partial charge in [0, 0.05) is 6.54 Å². The number of benzene rings is 1. The Kier molecular flexibility index (Phi) is 8.03. The summed E-state index contributed by atoms with van der Waals surface area (Å²) in [6.45, 7) is 5.68. The Balaban J connectivity index is 2.76. The van der Waals surface area contributed by atoms with Gasteiger partial charge < -0.3 is 25.0 Å². The average Bonchev–Trinajstić information content (AvgIpc) is 2.44. The molecule has 5 nitrogen and oxygen atoms in total. The van der Waals surface area contributed by atoms with Gasteiger partial charge in [-0.15, -0.1) is 0 Å². The van der Waals surface area contributed by atoms with Gasteiger partial charge in [0.25, 0.3) is 0 Å². The summed E-state index contributed by atoms with van der Waals surface area (Å²) < 4.78 is 11.6. The molecule has 0 aliphatic rings. The maximum absolute atomic E-state index is 9.36. The number of hydrogen-bond donors (Lipinski definition) is 3. The lowest BCUT2D eigenvalue weighted by Gasteiger charge is -2.16. The summed E-state index contributed by atoms with van der Waals surface area (Å²) in [7, 11) is 1.57. The summed E-state index contributed by atoms with van der Waals surface area (Å²) in [5.74, 6) is 1.71. The van der Waals surface area contributed by atoms with Crippen LogP contribution in [-0.2, 0) is 6.54 Å². The van der Waals surface area contributed by atoms with Crippen LogP contribution in [0.1, 0.15) is 19.4 Å². The lowest BCUT2D eigenvalue weighted by atomic mass is 10.1. The normalized spacial score (nSPS) is 12.5. The van der Waals surface area contributed by atoms with Crippen LogP contribution < -0.4 is 14.8 Å². The molecular weight excluding hydrogens is 338 g/mol. The van der Waals surface area contributed by atoms with Crippen molar-refractivity contribution in [3.05, 3.63) is 22.2 Å². The van der Waals surface area contributed by atoms with Crippen LogP contribution in [0.2, 0.25) is 0 Å². The molecule has 0 spiro atoms. The molecule has 0 aliphatic carbocycles. The summed E-state index contributed by atoms with van der Waals surface area (Å²) in [6.07, 6.45) is -0.908. The highest BCUT2D eigenvalue weighted by Gasteiger charge is 2.13. The number of rotatable bonds is 9. The second-order valence-corrected chi connectivity index (χ2v) is 6.14. The first-order valence-corrected chi connectivity index (χ1v) is 7.76. The second kappa shape index (κ2) is 9.25. The van der Waals surface area contributed by atoms with Crippen LogP contribution in [0.15, 0.2) is 16.6 Å². The molecule has 3 N–H and O–H groups in total. The van der Waals surface area contributed by atoms with E-state index in [9.17, 15) is 5.11 Å². The quantitative estimate of drug-likeness (QED) is 0.626. The first-order chi connectivity index (χ1) is 9.97. The fourth-order valence-corrected chi connectivity index (χ4v) is 2.36. The van der Waals surface area contributed by atoms with Gasteiger partial charge in [-0.3, -0.25) is 0 Å². The molecular formula is C15H24BrNO4. The highest BCUT2D eigenvalue weighted by molar-refractivity contribution is 9.10. The van der Waals surface area contributed by atoms with Crippen molar-refractivity contribution in [3.8, 4) is 11.5 Å². The molecule has 0 aromatic heterocycles. The number of aliphatic hydroxyl groups is 2. The van der Waals surface area contributed by atoms with Crippen molar-refractivity contribution in [3.63, 3.8) is 0 Å². The molecule has 1 aromatic carbocycles. The van der Waals surface area contributed by atoms with E-state index < -0.39 is 6.10 Å². The summed E-state index contributed by atoms with van der Waals surface area (Å²) in [5, 5.41) is 21.5. The van der Waals surface area contributed by atoms with Gasteiger partial charge in [-0.2, -0.15) is 0 Å². The van der Waals surface area contributed by atoms with E-state index in [1.165, 1.54) is 0 Å². The molecule has 0 heterocycles. The number of nitrogens with one attached hydrogen (secondary N) is 1. The van der Waals surface area contributed by atoms with Gasteiger partial charge in [0.15, 0.2) is 11.5 Å². The number of aliphatic hydroxyl groups excluding tert-OH is 2. The Morgan fingerprint density at radius 1 is 1.33 bits per heavy atom. The van der Waals surface area contributed by atoms with Gasteiger partial charge in [-0.25, -0.2) is 0 Å². The molecule has 0 fully saturated rings. The maximum Gasteiger partial charge on any atom is 0.175 e. The minimum absolute atomic E-state index is 0.0103. The van der Waals surface area contributed by atoms with Crippen molar-refractivity contribution in [1.29, 1.82) is 0 Å². The Bertz CT molecular complexity index is 440.